The Labute approximate surface area is 113 Å². The maximum Gasteiger partial charge on any atom is 0.157 e. The number of nitrogens with zero attached hydrogens (tertiary/aromatic N) is 2. The molecule has 6 heteroatoms. The number of aromatic nitrogens is 2. The van der Waals surface area contributed by atoms with Crippen LogP contribution in [-0.2, 0) is 5.41 Å². The summed E-state index contributed by atoms with van der Waals surface area (Å²) in [4.78, 5) is 8.58. The number of halogens is 1. The van der Waals surface area contributed by atoms with E-state index < -0.39 is 5.54 Å². The molecular weight excluding hydrogens is 252 g/mol. The SMILES string of the molecule is CC(C)(CO)Nc1nc(C(C)(C)C)nc(Cl)c1N. The van der Waals surface area contributed by atoms with Crippen molar-refractivity contribution in [2.75, 3.05) is 17.7 Å². The molecule has 18 heavy (non-hydrogen) atoms. The first-order chi connectivity index (χ1) is 8.07. The first kappa shape index (κ1) is 15.0. The van der Waals surface area contributed by atoms with Crippen molar-refractivity contribution in [3.63, 3.8) is 0 Å². The van der Waals surface area contributed by atoms with Crippen molar-refractivity contribution >= 4 is 23.1 Å². The molecule has 1 aromatic rings. The molecule has 1 aromatic heterocycles. The molecule has 0 amide bonds. The fourth-order valence-corrected chi connectivity index (χ4v) is 1.40. The fourth-order valence-electron chi connectivity index (χ4n) is 1.23. The number of aliphatic hydroxyl groups excluding tert-OH is 1. The van der Waals surface area contributed by atoms with Gasteiger partial charge in [0.25, 0.3) is 0 Å². The van der Waals surface area contributed by atoms with Gasteiger partial charge in [-0.25, -0.2) is 9.97 Å². The summed E-state index contributed by atoms with van der Waals surface area (Å²) in [7, 11) is 0. The van der Waals surface area contributed by atoms with Gasteiger partial charge in [-0.15, -0.1) is 0 Å². The lowest BCUT2D eigenvalue weighted by Gasteiger charge is -2.26. The van der Waals surface area contributed by atoms with Crippen molar-refractivity contribution in [2.45, 2.75) is 45.6 Å². The average Bonchev–Trinajstić information content (AvgIpc) is 2.22. The second-order valence-electron chi connectivity index (χ2n) is 6.02. The predicted molar refractivity (Wildman–Crippen MR) is 74.9 cm³/mol. The van der Waals surface area contributed by atoms with E-state index in [0.29, 0.717) is 17.3 Å². The molecule has 0 atom stereocenters. The lowest BCUT2D eigenvalue weighted by atomic mass is 9.95. The zero-order chi connectivity index (χ0) is 14.1. The number of rotatable bonds is 3. The molecule has 0 bridgehead atoms. The van der Waals surface area contributed by atoms with Gasteiger partial charge in [0.2, 0.25) is 0 Å². The summed E-state index contributed by atoms with van der Waals surface area (Å²) >= 11 is 6.02. The highest BCUT2D eigenvalue weighted by Gasteiger charge is 2.24. The number of aliphatic hydroxyl groups is 1. The first-order valence-corrected chi connectivity index (χ1v) is 6.17. The Morgan fingerprint density at radius 3 is 2.22 bits per heavy atom. The van der Waals surface area contributed by atoms with Gasteiger partial charge in [-0.3, -0.25) is 0 Å². The molecule has 0 aliphatic heterocycles. The number of hydrogen-bond acceptors (Lipinski definition) is 5. The van der Waals surface area contributed by atoms with Crippen LogP contribution >= 0.6 is 11.6 Å². The predicted octanol–water partition coefficient (Wildman–Crippen LogP) is 2.19. The Balaban J connectivity index is 3.23. The zero-order valence-electron chi connectivity index (χ0n) is 11.5. The van der Waals surface area contributed by atoms with Gasteiger partial charge in [0, 0.05) is 5.41 Å². The molecule has 0 saturated carbocycles. The molecular formula is C12H21ClN4O. The van der Waals surface area contributed by atoms with E-state index in [1.165, 1.54) is 0 Å². The highest BCUT2D eigenvalue weighted by molar-refractivity contribution is 6.32. The van der Waals surface area contributed by atoms with Crippen molar-refractivity contribution in [1.82, 2.24) is 9.97 Å². The quantitative estimate of drug-likeness (QED) is 0.735. The van der Waals surface area contributed by atoms with E-state index in [0.717, 1.165) is 0 Å². The normalized spacial score (nSPS) is 12.6. The molecule has 0 aromatic carbocycles. The number of nitrogens with two attached hydrogens (primary N) is 1. The molecule has 0 spiro atoms. The van der Waals surface area contributed by atoms with Crippen molar-refractivity contribution in [3.8, 4) is 0 Å². The fraction of sp³-hybridized carbons (Fsp3) is 0.667. The Morgan fingerprint density at radius 2 is 1.78 bits per heavy atom. The van der Waals surface area contributed by atoms with Crippen LogP contribution in [0.2, 0.25) is 5.15 Å². The minimum Gasteiger partial charge on any atom is -0.394 e. The molecule has 1 rings (SSSR count). The van der Waals surface area contributed by atoms with Gasteiger partial charge in [-0.05, 0) is 13.8 Å². The lowest BCUT2D eigenvalue weighted by Crippen LogP contribution is -2.36. The summed E-state index contributed by atoms with van der Waals surface area (Å²) in [5, 5.41) is 12.6. The van der Waals surface area contributed by atoms with Crippen LogP contribution < -0.4 is 11.1 Å². The minimum atomic E-state index is -0.527. The first-order valence-electron chi connectivity index (χ1n) is 5.79. The van der Waals surface area contributed by atoms with Gasteiger partial charge in [0.05, 0.1) is 12.1 Å². The summed E-state index contributed by atoms with van der Waals surface area (Å²) in [6.07, 6.45) is 0. The number of anilines is 2. The molecule has 0 aliphatic rings. The maximum atomic E-state index is 9.27. The van der Waals surface area contributed by atoms with Crippen LogP contribution in [0.5, 0.6) is 0 Å². The molecule has 0 saturated heterocycles. The van der Waals surface area contributed by atoms with Crippen LogP contribution in [0.25, 0.3) is 0 Å². The average molecular weight is 273 g/mol. The third-order valence-electron chi connectivity index (χ3n) is 2.42. The molecule has 0 aliphatic carbocycles. The molecule has 1 heterocycles. The van der Waals surface area contributed by atoms with Crippen LogP contribution in [0.4, 0.5) is 11.5 Å². The van der Waals surface area contributed by atoms with Crippen molar-refractivity contribution in [3.05, 3.63) is 11.0 Å². The van der Waals surface area contributed by atoms with E-state index >= 15 is 0 Å². The van der Waals surface area contributed by atoms with Gasteiger partial charge >= 0.3 is 0 Å². The van der Waals surface area contributed by atoms with Crippen LogP contribution in [-0.4, -0.2) is 27.2 Å². The summed E-state index contributed by atoms with van der Waals surface area (Å²) < 4.78 is 0. The third-order valence-corrected chi connectivity index (χ3v) is 2.71. The summed E-state index contributed by atoms with van der Waals surface area (Å²) in [5.74, 6) is 1.07. The summed E-state index contributed by atoms with van der Waals surface area (Å²) in [5.41, 5.74) is 5.40. The van der Waals surface area contributed by atoms with E-state index in [9.17, 15) is 5.11 Å². The van der Waals surface area contributed by atoms with Gasteiger partial charge in [-0.2, -0.15) is 0 Å². The van der Waals surface area contributed by atoms with E-state index in [-0.39, 0.29) is 17.2 Å². The lowest BCUT2D eigenvalue weighted by molar-refractivity contribution is 0.234. The molecule has 0 radical (unpaired) electrons. The van der Waals surface area contributed by atoms with Gasteiger partial charge in [0.15, 0.2) is 11.0 Å². The van der Waals surface area contributed by atoms with E-state index in [2.05, 4.69) is 15.3 Å². The van der Waals surface area contributed by atoms with Crippen LogP contribution in [0.3, 0.4) is 0 Å². The Kier molecular flexibility index (Phi) is 4.08. The van der Waals surface area contributed by atoms with Crippen LogP contribution in [0.1, 0.15) is 40.4 Å². The van der Waals surface area contributed by atoms with Crippen LogP contribution in [0.15, 0.2) is 0 Å². The van der Waals surface area contributed by atoms with Crippen molar-refractivity contribution in [1.29, 1.82) is 0 Å². The molecule has 4 N–H and O–H groups in total. The molecule has 0 unspecified atom stereocenters. The van der Waals surface area contributed by atoms with Gasteiger partial charge in [0.1, 0.15) is 11.5 Å². The maximum absolute atomic E-state index is 9.27. The second-order valence-corrected chi connectivity index (χ2v) is 6.38. The molecule has 0 fully saturated rings. The number of nitrogens with one attached hydrogen (secondary N) is 1. The van der Waals surface area contributed by atoms with E-state index in [4.69, 9.17) is 17.3 Å². The smallest absolute Gasteiger partial charge is 0.157 e. The number of hydrogen-bond donors (Lipinski definition) is 3. The Morgan fingerprint density at radius 1 is 1.22 bits per heavy atom. The highest BCUT2D eigenvalue weighted by atomic mass is 35.5. The summed E-state index contributed by atoms with van der Waals surface area (Å²) in [6, 6.07) is 0. The van der Waals surface area contributed by atoms with E-state index in [1.807, 2.05) is 34.6 Å². The van der Waals surface area contributed by atoms with Crippen molar-refractivity contribution < 1.29 is 5.11 Å². The van der Waals surface area contributed by atoms with Crippen molar-refractivity contribution in [2.24, 2.45) is 0 Å². The second kappa shape index (κ2) is 4.90. The molecule has 102 valence electrons. The highest BCUT2D eigenvalue weighted by Crippen LogP contribution is 2.29. The molecule has 5 nitrogen and oxygen atoms in total. The van der Waals surface area contributed by atoms with Crippen LogP contribution in [0, 0.1) is 0 Å². The standard InChI is InChI=1S/C12H21ClN4O/c1-11(2,3)10-15-8(13)7(14)9(16-10)17-12(4,5)6-18/h18H,6,14H2,1-5H3,(H,15,16,17). The Hall–Kier alpha value is -1.07. The van der Waals surface area contributed by atoms with E-state index in [1.54, 1.807) is 0 Å². The monoisotopic (exact) mass is 272 g/mol. The topological polar surface area (TPSA) is 84.1 Å². The van der Waals surface area contributed by atoms with Gasteiger partial charge < -0.3 is 16.2 Å². The third kappa shape index (κ3) is 3.46. The summed E-state index contributed by atoms with van der Waals surface area (Å²) in [6.45, 7) is 9.64. The minimum absolute atomic E-state index is 0.0427. The Bertz CT molecular complexity index is 440. The zero-order valence-corrected chi connectivity index (χ0v) is 12.3. The van der Waals surface area contributed by atoms with Gasteiger partial charge in [-0.1, -0.05) is 32.4 Å². The number of nitrogen functional groups attached to an aromatic ring is 1. The largest absolute Gasteiger partial charge is 0.394 e.